The van der Waals surface area contributed by atoms with Gasteiger partial charge in [-0.05, 0) is 49.4 Å². The summed E-state index contributed by atoms with van der Waals surface area (Å²) in [6, 6.07) is 16.3. The molecule has 1 aromatic heterocycles. The lowest BCUT2D eigenvalue weighted by molar-refractivity contribution is -0.116. The van der Waals surface area contributed by atoms with Gasteiger partial charge >= 0.3 is 0 Å². The van der Waals surface area contributed by atoms with Crippen molar-refractivity contribution in [2.45, 2.75) is 59.7 Å². The smallest absolute Gasteiger partial charge is 0.257 e. The van der Waals surface area contributed by atoms with Gasteiger partial charge in [-0.1, -0.05) is 49.4 Å². The minimum absolute atomic E-state index is 0.0183. The van der Waals surface area contributed by atoms with E-state index < -0.39 is 0 Å². The van der Waals surface area contributed by atoms with Crippen molar-refractivity contribution in [3.05, 3.63) is 92.7 Å². The highest BCUT2D eigenvalue weighted by molar-refractivity contribution is 5.91. The first kappa shape index (κ1) is 22.9. The van der Waals surface area contributed by atoms with E-state index in [-0.39, 0.29) is 18.0 Å². The molecule has 6 nitrogen and oxygen atoms in total. The van der Waals surface area contributed by atoms with Crippen LogP contribution in [0.15, 0.2) is 53.3 Å². The van der Waals surface area contributed by atoms with Gasteiger partial charge in [-0.15, -0.1) is 0 Å². The van der Waals surface area contributed by atoms with Crippen molar-refractivity contribution >= 4 is 11.6 Å². The number of rotatable bonds is 7. The van der Waals surface area contributed by atoms with Crippen molar-refractivity contribution in [2.24, 2.45) is 0 Å². The van der Waals surface area contributed by atoms with E-state index in [4.69, 9.17) is 4.98 Å². The number of anilines is 1. The zero-order chi connectivity index (χ0) is 23.4. The molecule has 2 heterocycles. The Morgan fingerprint density at radius 1 is 1.12 bits per heavy atom. The van der Waals surface area contributed by atoms with Crippen LogP contribution < -0.4 is 10.9 Å². The molecule has 6 heteroatoms. The topological polar surface area (TPSA) is 67.2 Å². The zero-order valence-corrected chi connectivity index (χ0v) is 19.7. The number of amides is 1. The van der Waals surface area contributed by atoms with Crippen molar-refractivity contribution in [2.75, 3.05) is 11.9 Å². The van der Waals surface area contributed by atoms with Gasteiger partial charge in [0.25, 0.3) is 5.56 Å². The number of nitrogens with one attached hydrogen (secondary N) is 1. The number of hydrogen-bond acceptors (Lipinski definition) is 4. The van der Waals surface area contributed by atoms with E-state index in [1.165, 1.54) is 5.56 Å². The average molecular weight is 445 g/mol. The van der Waals surface area contributed by atoms with Gasteiger partial charge in [-0.25, -0.2) is 4.98 Å². The third kappa shape index (κ3) is 5.40. The second-order valence-corrected chi connectivity index (χ2v) is 8.91. The second kappa shape index (κ2) is 10.1. The molecule has 2 aromatic carbocycles. The highest BCUT2D eigenvalue weighted by atomic mass is 16.2. The minimum Gasteiger partial charge on any atom is -0.324 e. The summed E-state index contributed by atoms with van der Waals surface area (Å²) in [6.45, 7) is 8.31. The molecule has 0 atom stereocenters. The van der Waals surface area contributed by atoms with Crippen LogP contribution in [-0.4, -0.2) is 26.9 Å². The van der Waals surface area contributed by atoms with Crippen molar-refractivity contribution in [3.8, 4) is 0 Å². The normalized spacial score (nSPS) is 13.5. The summed E-state index contributed by atoms with van der Waals surface area (Å²) < 4.78 is 1.58. The van der Waals surface area contributed by atoms with Crippen LogP contribution in [0.2, 0.25) is 0 Å². The van der Waals surface area contributed by atoms with Gasteiger partial charge in [0, 0.05) is 37.3 Å². The summed E-state index contributed by atoms with van der Waals surface area (Å²) in [7, 11) is 0. The van der Waals surface area contributed by atoms with Gasteiger partial charge in [0.1, 0.15) is 12.4 Å². The van der Waals surface area contributed by atoms with Crippen molar-refractivity contribution in [1.82, 2.24) is 14.5 Å². The molecule has 0 fully saturated rings. The third-order valence-corrected chi connectivity index (χ3v) is 6.17. The maximum Gasteiger partial charge on any atom is 0.257 e. The maximum absolute atomic E-state index is 13.4. The minimum atomic E-state index is -0.202. The molecule has 0 saturated carbocycles. The Bertz CT molecular complexity index is 1200. The van der Waals surface area contributed by atoms with E-state index in [9.17, 15) is 9.59 Å². The van der Waals surface area contributed by atoms with E-state index in [1.807, 2.05) is 50.2 Å². The van der Waals surface area contributed by atoms with Gasteiger partial charge in [0.15, 0.2) is 0 Å². The first-order chi connectivity index (χ1) is 15.9. The molecular formula is C27H32N4O2. The molecule has 4 rings (SSSR count). The largest absolute Gasteiger partial charge is 0.324 e. The van der Waals surface area contributed by atoms with E-state index >= 15 is 0 Å². The number of carbonyl (C=O) groups excluding carboxylic acids is 1. The van der Waals surface area contributed by atoms with Crippen LogP contribution in [-0.2, 0) is 37.3 Å². The Hall–Kier alpha value is -3.25. The molecule has 0 saturated heterocycles. The molecule has 0 spiro atoms. The number of aromatic nitrogens is 2. The summed E-state index contributed by atoms with van der Waals surface area (Å²) >= 11 is 0. The average Bonchev–Trinajstić information content (AvgIpc) is 2.79. The number of aryl methyl sites for hydroxylation is 3. The quantitative estimate of drug-likeness (QED) is 0.598. The van der Waals surface area contributed by atoms with Gasteiger partial charge in [0.05, 0.1) is 5.69 Å². The summed E-state index contributed by atoms with van der Waals surface area (Å²) in [5.74, 6) is 0.491. The number of benzene rings is 2. The van der Waals surface area contributed by atoms with Gasteiger partial charge in [-0.3, -0.25) is 19.1 Å². The molecule has 0 radical (unpaired) electrons. The summed E-state index contributed by atoms with van der Waals surface area (Å²) in [4.78, 5) is 33.5. The Balaban J connectivity index is 1.56. The first-order valence-electron chi connectivity index (χ1n) is 11.7. The molecule has 0 bridgehead atoms. The highest BCUT2D eigenvalue weighted by Crippen LogP contribution is 2.19. The summed E-state index contributed by atoms with van der Waals surface area (Å²) in [5.41, 5.74) is 5.65. The Morgan fingerprint density at radius 3 is 2.67 bits per heavy atom. The number of fused-ring (bicyclic) bond motifs is 1. The molecular weight excluding hydrogens is 412 g/mol. The number of nitrogens with zero attached hydrogens (tertiary/aromatic N) is 3. The third-order valence-electron chi connectivity index (χ3n) is 6.17. The molecule has 1 aliphatic heterocycles. The molecule has 1 amide bonds. The van der Waals surface area contributed by atoms with Crippen molar-refractivity contribution in [3.63, 3.8) is 0 Å². The van der Waals surface area contributed by atoms with Crippen LogP contribution in [0.25, 0.3) is 0 Å². The number of carbonyl (C=O) groups is 1. The SMILES string of the molecule is CCCc1nc2c(c(=O)n1CC(=O)Nc1cc(C)ccc1C)CCN(Cc1ccccc1)C2. The second-order valence-electron chi connectivity index (χ2n) is 8.91. The highest BCUT2D eigenvalue weighted by Gasteiger charge is 2.24. The zero-order valence-electron chi connectivity index (χ0n) is 19.7. The van der Waals surface area contributed by atoms with E-state index in [2.05, 4.69) is 29.3 Å². The fourth-order valence-corrected chi connectivity index (χ4v) is 4.39. The van der Waals surface area contributed by atoms with Crippen molar-refractivity contribution < 1.29 is 4.79 Å². The fraction of sp³-hybridized carbons (Fsp3) is 0.370. The van der Waals surface area contributed by atoms with Gasteiger partial charge in [0.2, 0.25) is 5.91 Å². The first-order valence-corrected chi connectivity index (χ1v) is 11.7. The lowest BCUT2D eigenvalue weighted by Gasteiger charge is -2.29. The number of hydrogen-bond donors (Lipinski definition) is 1. The van der Waals surface area contributed by atoms with Crippen LogP contribution in [0.4, 0.5) is 5.69 Å². The van der Waals surface area contributed by atoms with Crippen LogP contribution in [0.3, 0.4) is 0 Å². The standard InChI is InChI=1S/C27H32N4O2/c1-4-8-25-28-24-17-30(16-21-9-6-5-7-10-21)14-13-22(24)27(33)31(25)18-26(32)29-23-15-19(2)11-12-20(23)3/h5-7,9-12,15H,4,8,13-14,16-18H2,1-3H3,(H,29,32). The molecule has 0 unspecified atom stereocenters. The molecule has 0 aliphatic carbocycles. The molecule has 3 aromatic rings. The molecule has 33 heavy (non-hydrogen) atoms. The van der Waals surface area contributed by atoms with Gasteiger partial charge < -0.3 is 5.32 Å². The monoisotopic (exact) mass is 444 g/mol. The van der Waals surface area contributed by atoms with Crippen LogP contribution in [0.1, 0.15) is 47.1 Å². The van der Waals surface area contributed by atoms with Crippen LogP contribution in [0, 0.1) is 13.8 Å². The summed E-state index contributed by atoms with van der Waals surface area (Å²) in [5, 5.41) is 2.98. The van der Waals surface area contributed by atoms with E-state index in [0.717, 1.165) is 47.6 Å². The maximum atomic E-state index is 13.4. The Morgan fingerprint density at radius 2 is 1.91 bits per heavy atom. The predicted molar refractivity (Wildman–Crippen MR) is 131 cm³/mol. The van der Waals surface area contributed by atoms with E-state index in [0.29, 0.717) is 25.2 Å². The van der Waals surface area contributed by atoms with Crippen LogP contribution >= 0.6 is 0 Å². The lowest BCUT2D eigenvalue weighted by atomic mass is 10.0. The lowest BCUT2D eigenvalue weighted by Crippen LogP contribution is -2.40. The molecule has 1 aliphatic rings. The Kier molecular flexibility index (Phi) is 7.04. The van der Waals surface area contributed by atoms with E-state index in [1.54, 1.807) is 4.57 Å². The summed E-state index contributed by atoms with van der Waals surface area (Å²) in [6.07, 6.45) is 2.18. The molecule has 172 valence electrons. The van der Waals surface area contributed by atoms with Gasteiger partial charge in [-0.2, -0.15) is 0 Å². The van der Waals surface area contributed by atoms with Crippen molar-refractivity contribution in [1.29, 1.82) is 0 Å². The van der Waals surface area contributed by atoms with Crippen LogP contribution in [0.5, 0.6) is 0 Å². The Labute approximate surface area is 195 Å². The fourth-order valence-electron chi connectivity index (χ4n) is 4.39. The molecule has 1 N–H and O–H groups in total. The predicted octanol–water partition coefficient (Wildman–Crippen LogP) is 4.01.